The fraction of sp³-hybridized carbons (Fsp3) is 0.158. The summed E-state index contributed by atoms with van der Waals surface area (Å²) in [6.45, 7) is 0.203. The van der Waals surface area contributed by atoms with Crippen molar-refractivity contribution in [1.29, 1.82) is 0 Å². The average molecular weight is 373 g/mol. The van der Waals surface area contributed by atoms with E-state index >= 15 is 0 Å². The quantitative estimate of drug-likeness (QED) is 0.738. The molecule has 0 saturated heterocycles. The van der Waals surface area contributed by atoms with E-state index < -0.39 is 11.5 Å². The van der Waals surface area contributed by atoms with Crippen molar-refractivity contribution < 1.29 is 14.6 Å². The maximum Gasteiger partial charge on any atom is 0.267 e. The number of rotatable bonds is 4. The summed E-state index contributed by atoms with van der Waals surface area (Å²) < 4.78 is 6.48. The molecule has 1 aromatic heterocycles. The van der Waals surface area contributed by atoms with Gasteiger partial charge in [0.1, 0.15) is 17.1 Å². The molecule has 1 heterocycles. The number of carbonyl (C=O) groups excluding carboxylic acids is 1. The Bertz CT molecular complexity index is 1040. The van der Waals surface area contributed by atoms with E-state index in [1.54, 1.807) is 49.5 Å². The molecule has 0 aliphatic heterocycles. The lowest BCUT2D eigenvalue weighted by Gasteiger charge is -2.13. The Labute approximate surface area is 154 Å². The van der Waals surface area contributed by atoms with Crippen molar-refractivity contribution in [2.75, 3.05) is 7.11 Å². The Kier molecular flexibility index (Phi) is 4.86. The summed E-state index contributed by atoms with van der Waals surface area (Å²) in [7, 11) is 3.05. The molecular weight excluding hydrogens is 356 g/mol. The molecule has 0 aliphatic rings. The minimum atomic E-state index is -0.650. The van der Waals surface area contributed by atoms with Gasteiger partial charge in [0, 0.05) is 24.0 Å². The van der Waals surface area contributed by atoms with E-state index in [0.717, 1.165) is 5.56 Å². The predicted octanol–water partition coefficient (Wildman–Crippen LogP) is 2.84. The molecule has 2 N–H and O–H groups in total. The Morgan fingerprint density at radius 1 is 1.23 bits per heavy atom. The first kappa shape index (κ1) is 17.8. The SMILES string of the molecule is COc1ccc2c(c1)c(O)c(C(=O)NCc1ccc(Cl)cc1)c(=O)n2C. The van der Waals surface area contributed by atoms with Crippen LogP contribution < -0.4 is 15.6 Å². The van der Waals surface area contributed by atoms with Crippen LogP contribution in [0.2, 0.25) is 5.02 Å². The van der Waals surface area contributed by atoms with E-state index in [9.17, 15) is 14.7 Å². The van der Waals surface area contributed by atoms with Crippen molar-refractivity contribution in [2.45, 2.75) is 6.54 Å². The molecular formula is C19H17ClN2O4. The number of ether oxygens (including phenoxy) is 1. The van der Waals surface area contributed by atoms with Crippen LogP contribution in [0.4, 0.5) is 0 Å². The van der Waals surface area contributed by atoms with Gasteiger partial charge < -0.3 is 19.7 Å². The number of hydrogen-bond donors (Lipinski definition) is 2. The van der Waals surface area contributed by atoms with Gasteiger partial charge in [0.25, 0.3) is 11.5 Å². The molecule has 0 saturated carbocycles. The number of methoxy groups -OCH3 is 1. The third-order valence-electron chi connectivity index (χ3n) is 4.17. The Morgan fingerprint density at radius 2 is 1.92 bits per heavy atom. The number of aromatic nitrogens is 1. The number of carbonyl (C=O) groups is 1. The minimum absolute atomic E-state index is 0.203. The molecule has 7 heteroatoms. The first-order chi connectivity index (χ1) is 12.4. The predicted molar refractivity (Wildman–Crippen MR) is 100 cm³/mol. The molecule has 0 atom stereocenters. The van der Waals surface area contributed by atoms with E-state index in [0.29, 0.717) is 21.7 Å². The number of benzene rings is 2. The molecule has 0 unspecified atom stereocenters. The number of aromatic hydroxyl groups is 1. The summed E-state index contributed by atoms with van der Waals surface area (Å²) in [6, 6.07) is 11.9. The molecule has 6 nitrogen and oxygen atoms in total. The minimum Gasteiger partial charge on any atom is -0.506 e. The van der Waals surface area contributed by atoms with Gasteiger partial charge in [-0.25, -0.2) is 0 Å². The zero-order valence-electron chi connectivity index (χ0n) is 14.2. The number of nitrogens with one attached hydrogen (secondary N) is 1. The number of halogens is 1. The maximum atomic E-state index is 12.5. The van der Waals surface area contributed by atoms with Crippen LogP contribution in [0.25, 0.3) is 10.9 Å². The van der Waals surface area contributed by atoms with Gasteiger partial charge in [-0.2, -0.15) is 0 Å². The van der Waals surface area contributed by atoms with Gasteiger partial charge in [0.15, 0.2) is 0 Å². The molecule has 3 aromatic rings. The van der Waals surface area contributed by atoms with E-state index in [2.05, 4.69) is 5.32 Å². The zero-order valence-corrected chi connectivity index (χ0v) is 15.0. The summed E-state index contributed by atoms with van der Waals surface area (Å²) >= 11 is 5.83. The number of fused-ring (bicyclic) bond motifs is 1. The van der Waals surface area contributed by atoms with Crippen LogP contribution >= 0.6 is 11.6 Å². The topological polar surface area (TPSA) is 80.6 Å². The van der Waals surface area contributed by atoms with E-state index in [-0.39, 0.29) is 17.9 Å². The molecule has 0 aliphatic carbocycles. The molecule has 2 aromatic carbocycles. The third kappa shape index (κ3) is 3.23. The summed E-state index contributed by atoms with van der Waals surface area (Å²) in [5.41, 5.74) is 0.445. The van der Waals surface area contributed by atoms with Gasteiger partial charge in [-0.1, -0.05) is 23.7 Å². The van der Waals surface area contributed by atoms with Crippen molar-refractivity contribution in [2.24, 2.45) is 7.05 Å². The Balaban J connectivity index is 1.99. The van der Waals surface area contributed by atoms with Crippen molar-refractivity contribution in [1.82, 2.24) is 9.88 Å². The normalized spacial score (nSPS) is 10.7. The summed E-state index contributed by atoms with van der Waals surface area (Å²) in [5.74, 6) is -0.502. The number of pyridine rings is 1. The standard InChI is InChI=1S/C19H17ClN2O4/c1-22-15-8-7-13(26-2)9-14(15)17(23)16(19(22)25)18(24)21-10-11-3-5-12(20)6-4-11/h3-9,23H,10H2,1-2H3,(H,21,24). The summed E-state index contributed by atoms with van der Waals surface area (Å²) in [4.78, 5) is 25.1. The molecule has 3 rings (SSSR count). The molecule has 1 amide bonds. The second kappa shape index (κ2) is 7.09. The zero-order chi connectivity index (χ0) is 18.8. The number of nitrogens with zero attached hydrogens (tertiary/aromatic N) is 1. The second-order valence-corrected chi connectivity index (χ2v) is 6.22. The van der Waals surface area contributed by atoms with Crippen LogP contribution in [0.1, 0.15) is 15.9 Å². The highest BCUT2D eigenvalue weighted by atomic mass is 35.5. The Hall–Kier alpha value is -2.99. The molecule has 0 spiro atoms. The third-order valence-corrected chi connectivity index (χ3v) is 4.42. The van der Waals surface area contributed by atoms with Crippen LogP contribution in [0, 0.1) is 0 Å². The van der Waals surface area contributed by atoms with Crippen LogP contribution in [-0.2, 0) is 13.6 Å². The highest BCUT2D eigenvalue weighted by Crippen LogP contribution is 2.29. The van der Waals surface area contributed by atoms with Crippen LogP contribution in [0.15, 0.2) is 47.3 Å². The summed E-state index contributed by atoms with van der Waals surface area (Å²) in [6.07, 6.45) is 0. The lowest BCUT2D eigenvalue weighted by Crippen LogP contribution is -2.32. The van der Waals surface area contributed by atoms with Gasteiger partial charge in [0.2, 0.25) is 0 Å². The monoisotopic (exact) mass is 372 g/mol. The number of hydrogen-bond acceptors (Lipinski definition) is 4. The molecule has 0 fully saturated rings. The lowest BCUT2D eigenvalue weighted by atomic mass is 10.1. The lowest BCUT2D eigenvalue weighted by molar-refractivity contribution is 0.0946. The first-order valence-electron chi connectivity index (χ1n) is 7.84. The first-order valence-corrected chi connectivity index (χ1v) is 8.22. The highest BCUT2D eigenvalue weighted by Gasteiger charge is 2.21. The van der Waals surface area contributed by atoms with Crippen molar-refractivity contribution >= 4 is 28.4 Å². The van der Waals surface area contributed by atoms with Crippen molar-refractivity contribution in [3.05, 3.63) is 69.0 Å². The average Bonchev–Trinajstić information content (AvgIpc) is 2.65. The largest absolute Gasteiger partial charge is 0.506 e. The van der Waals surface area contributed by atoms with Gasteiger partial charge in [-0.3, -0.25) is 9.59 Å². The van der Waals surface area contributed by atoms with Crippen molar-refractivity contribution in [3.63, 3.8) is 0 Å². The molecule has 134 valence electrons. The van der Waals surface area contributed by atoms with E-state index in [4.69, 9.17) is 16.3 Å². The Morgan fingerprint density at radius 3 is 2.58 bits per heavy atom. The van der Waals surface area contributed by atoms with E-state index in [1.807, 2.05) is 0 Å². The van der Waals surface area contributed by atoms with Gasteiger partial charge >= 0.3 is 0 Å². The maximum absolute atomic E-state index is 12.5. The molecule has 0 radical (unpaired) electrons. The highest BCUT2D eigenvalue weighted by molar-refractivity contribution is 6.30. The smallest absolute Gasteiger partial charge is 0.267 e. The van der Waals surface area contributed by atoms with Crippen LogP contribution in [0.3, 0.4) is 0 Å². The summed E-state index contributed by atoms with van der Waals surface area (Å²) in [5, 5.41) is 14.1. The number of aryl methyl sites for hydroxylation is 1. The fourth-order valence-corrected chi connectivity index (χ4v) is 2.84. The van der Waals surface area contributed by atoms with Gasteiger partial charge in [0.05, 0.1) is 12.6 Å². The molecule has 26 heavy (non-hydrogen) atoms. The van der Waals surface area contributed by atoms with Gasteiger partial charge in [-0.15, -0.1) is 0 Å². The van der Waals surface area contributed by atoms with Crippen molar-refractivity contribution in [3.8, 4) is 11.5 Å². The van der Waals surface area contributed by atoms with Gasteiger partial charge in [-0.05, 0) is 35.9 Å². The molecule has 0 bridgehead atoms. The number of amides is 1. The van der Waals surface area contributed by atoms with Crippen LogP contribution in [0.5, 0.6) is 11.5 Å². The second-order valence-electron chi connectivity index (χ2n) is 5.78. The van der Waals surface area contributed by atoms with Crippen LogP contribution in [-0.4, -0.2) is 22.7 Å². The van der Waals surface area contributed by atoms with E-state index in [1.165, 1.54) is 11.7 Å². The fourth-order valence-electron chi connectivity index (χ4n) is 2.71.